The summed E-state index contributed by atoms with van der Waals surface area (Å²) in [7, 11) is 0. The molecule has 1 unspecified atom stereocenters. The molecule has 0 saturated heterocycles. The van der Waals surface area contributed by atoms with Gasteiger partial charge in [0.15, 0.2) is 0 Å². The zero-order valence-electron chi connectivity index (χ0n) is 8.44. The second-order valence-electron chi connectivity index (χ2n) is 2.93. The first-order chi connectivity index (χ1) is 7.49. The second-order valence-corrected chi connectivity index (χ2v) is 5.20. The van der Waals surface area contributed by atoms with Crippen molar-refractivity contribution in [3.05, 3.63) is 22.8 Å². The van der Waals surface area contributed by atoms with E-state index in [-0.39, 0.29) is 0 Å². The summed E-state index contributed by atoms with van der Waals surface area (Å²) in [4.78, 5) is 25.9. The Morgan fingerprint density at radius 1 is 1.56 bits per heavy atom. The molecule has 0 fully saturated rings. The number of urea groups is 1. The monoisotopic (exact) mass is 303 g/mol. The van der Waals surface area contributed by atoms with Crippen molar-refractivity contribution in [3.8, 4) is 0 Å². The SMILES string of the molecule is CC(Sc1ccc(Br)cn1)C(=O)NC(N)=O. The first-order valence-electron chi connectivity index (χ1n) is 4.37. The summed E-state index contributed by atoms with van der Waals surface area (Å²) in [6.45, 7) is 1.67. The molecule has 7 heteroatoms. The highest BCUT2D eigenvalue weighted by Gasteiger charge is 2.16. The number of hydrogen-bond acceptors (Lipinski definition) is 4. The number of hydrogen-bond donors (Lipinski definition) is 2. The van der Waals surface area contributed by atoms with Gasteiger partial charge < -0.3 is 5.73 Å². The Balaban J connectivity index is 2.57. The molecule has 0 spiro atoms. The van der Waals surface area contributed by atoms with Gasteiger partial charge in [0, 0.05) is 10.7 Å². The van der Waals surface area contributed by atoms with Crippen molar-refractivity contribution in [1.29, 1.82) is 0 Å². The minimum absolute atomic E-state index is 0.429. The lowest BCUT2D eigenvalue weighted by Gasteiger charge is -2.08. The van der Waals surface area contributed by atoms with E-state index in [2.05, 4.69) is 20.9 Å². The number of carbonyl (C=O) groups is 2. The topological polar surface area (TPSA) is 85.1 Å². The van der Waals surface area contributed by atoms with Crippen LogP contribution in [0.5, 0.6) is 0 Å². The van der Waals surface area contributed by atoms with Crippen LogP contribution in [0.1, 0.15) is 6.92 Å². The summed E-state index contributed by atoms with van der Waals surface area (Å²) in [6.07, 6.45) is 1.64. The Hall–Kier alpha value is -1.08. The zero-order chi connectivity index (χ0) is 12.1. The molecule has 0 saturated carbocycles. The van der Waals surface area contributed by atoms with Crippen molar-refractivity contribution in [1.82, 2.24) is 10.3 Å². The van der Waals surface area contributed by atoms with Gasteiger partial charge in [-0.15, -0.1) is 0 Å². The number of primary amides is 1. The maximum Gasteiger partial charge on any atom is 0.318 e. The predicted octanol–water partition coefficient (Wildman–Crippen LogP) is 1.52. The van der Waals surface area contributed by atoms with E-state index in [9.17, 15) is 9.59 Å². The molecule has 1 atom stereocenters. The van der Waals surface area contributed by atoms with Gasteiger partial charge in [0.25, 0.3) is 0 Å². The van der Waals surface area contributed by atoms with Crippen LogP contribution in [-0.2, 0) is 4.79 Å². The first kappa shape index (κ1) is 13.0. The number of aromatic nitrogens is 1. The van der Waals surface area contributed by atoms with Gasteiger partial charge in [0.05, 0.1) is 10.3 Å². The summed E-state index contributed by atoms with van der Waals surface area (Å²) in [5, 5.41) is 2.29. The van der Waals surface area contributed by atoms with E-state index < -0.39 is 17.2 Å². The minimum Gasteiger partial charge on any atom is -0.351 e. The number of carbonyl (C=O) groups excluding carboxylic acids is 2. The molecule has 0 radical (unpaired) electrons. The molecule has 0 aromatic carbocycles. The molecule has 3 amide bonds. The molecule has 1 aromatic heterocycles. The average molecular weight is 304 g/mol. The summed E-state index contributed by atoms with van der Waals surface area (Å²) >= 11 is 4.51. The third-order valence-corrected chi connectivity index (χ3v) is 3.13. The maximum atomic E-state index is 11.4. The number of nitrogens with one attached hydrogen (secondary N) is 1. The van der Waals surface area contributed by atoms with E-state index in [1.807, 2.05) is 11.4 Å². The molecular weight excluding hydrogens is 294 g/mol. The van der Waals surface area contributed by atoms with Crippen molar-refractivity contribution in [3.63, 3.8) is 0 Å². The molecule has 0 aliphatic rings. The molecular formula is C9H10BrN3O2S. The molecule has 1 heterocycles. The van der Waals surface area contributed by atoms with Gasteiger partial charge in [0.2, 0.25) is 5.91 Å². The number of halogens is 1. The number of nitrogens with two attached hydrogens (primary N) is 1. The standard InChI is InChI=1S/C9H10BrN3O2S/c1-5(8(14)13-9(11)15)16-7-3-2-6(10)4-12-7/h2-5H,1H3,(H3,11,13,14,15). The number of nitrogens with zero attached hydrogens (tertiary/aromatic N) is 1. The molecule has 5 nitrogen and oxygen atoms in total. The van der Waals surface area contributed by atoms with Gasteiger partial charge in [-0.3, -0.25) is 10.1 Å². The van der Waals surface area contributed by atoms with Crippen LogP contribution in [0, 0.1) is 0 Å². The Bertz CT molecular complexity index is 396. The quantitative estimate of drug-likeness (QED) is 0.829. The fraction of sp³-hybridized carbons (Fsp3) is 0.222. The summed E-state index contributed by atoms with van der Waals surface area (Å²) in [6, 6.07) is 2.76. The molecule has 16 heavy (non-hydrogen) atoms. The Morgan fingerprint density at radius 3 is 2.75 bits per heavy atom. The van der Waals surface area contributed by atoms with Crippen LogP contribution in [0.2, 0.25) is 0 Å². The molecule has 1 rings (SSSR count). The van der Waals surface area contributed by atoms with E-state index in [0.717, 1.165) is 4.47 Å². The second kappa shape index (κ2) is 5.86. The average Bonchev–Trinajstić information content (AvgIpc) is 2.20. The molecule has 86 valence electrons. The molecule has 0 aliphatic carbocycles. The smallest absolute Gasteiger partial charge is 0.318 e. The number of thioether (sulfide) groups is 1. The molecule has 3 N–H and O–H groups in total. The highest BCUT2D eigenvalue weighted by Crippen LogP contribution is 2.22. The third kappa shape index (κ3) is 4.19. The fourth-order valence-corrected chi connectivity index (χ4v) is 1.91. The summed E-state index contributed by atoms with van der Waals surface area (Å²) in [5.41, 5.74) is 4.84. The lowest BCUT2D eigenvalue weighted by Crippen LogP contribution is -2.39. The van der Waals surface area contributed by atoms with Crippen LogP contribution in [0.15, 0.2) is 27.8 Å². The lowest BCUT2D eigenvalue weighted by molar-refractivity contribution is -0.119. The highest BCUT2D eigenvalue weighted by atomic mass is 79.9. The van der Waals surface area contributed by atoms with E-state index in [4.69, 9.17) is 5.73 Å². The van der Waals surface area contributed by atoms with E-state index in [0.29, 0.717) is 5.03 Å². The van der Waals surface area contributed by atoms with Gasteiger partial charge in [-0.05, 0) is 35.0 Å². The van der Waals surface area contributed by atoms with E-state index >= 15 is 0 Å². The Kier molecular flexibility index (Phi) is 4.75. The van der Waals surface area contributed by atoms with E-state index in [1.165, 1.54) is 11.8 Å². The zero-order valence-corrected chi connectivity index (χ0v) is 10.8. The number of pyridine rings is 1. The number of amides is 3. The number of rotatable bonds is 3. The predicted molar refractivity (Wildman–Crippen MR) is 65.0 cm³/mol. The lowest BCUT2D eigenvalue weighted by atomic mass is 10.4. The largest absolute Gasteiger partial charge is 0.351 e. The van der Waals surface area contributed by atoms with Crippen molar-refractivity contribution in [2.45, 2.75) is 17.2 Å². The van der Waals surface area contributed by atoms with Crippen molar-refractivity contribution < 1.29 is 9.59 Å². The van der Waals surface area contributed by atoms with Crippen LogP contribution in [0.3, 0.4) is 0 Å². The maximum absolute atomic E-state index is 11.4. The van der Waals surface area contributed by atoms with Gasteiger partial charge in [-0.1, -0.05) is 11.8 Å². The summed E-state index contributed by atoms with van der Waals surface area (Å²) in [5.74, 6) is -0.429. The van der Waals surface area contributed by atoms with Gasteiger partial charge >= 0.3 is 6.03 Å². The van der Waals surface area contributed by atoms with Gasteiger partial charge in [0.1, 0.15) is 0 Å². The van der Waals surface area contributed by atoms with Crippen LogP contribution in [-0.4, -0.2) is 22.2 Å². The van der Waals surface area contributed by atoms with E-state index in [1.54, 1.807) is 19.2 Å². The first-order valence-corrected chi connectivity index (χ1v) is 6.05. The summed E-state index contributed by atoms with van der Waals surface area (Å²) < 4.78 is 0.867. The molecule has 0 aliphatic heterocycles. The number of imide groups is 1. The van der Waals surface area contributed by atoms with Crippen molar-refractivity contribution >= 4 is 39.6 Å². The van der Waals surface area contributed by atoms with Crippen LogP contribution < -0.4 is 11.1 Å². The van der Waals surface area contributed by atoms with Gasteiger partial charge in [-0.2, -0.15) is 0 Å². The van der Waals surface area contributed by atoms with Gasteiger partial charge in [-0.25, -0.2) is 9.78 Å². The van der Waals surface area contributed by atoms with Crippen molar-refractivity contribution in [2.24, 2.45) is 5.73 Å². The minimum atomic E-state index is -0.846. The molecule has 0 bridgehead atoms. The van der Waals surface area contributed by atoms with Crippen molar-refractivity contribution in [2.75, 3.05) is 0 Å². The fourth-order valence-electron chi connectivity index (χ4n) is 0.890. The normalized spacial score (nSPS) is 11.9. The third-order valence-electron chi connectivity index (χ3n) is 1.61. The Labute approximate surface area is 105 Å². The highest BCUT2D eigenvalue weighted by molar-refractivity contribution is 9.10. The van der Waals surface area contributed by atoms with Crippen LogP contribution >= 0.6 is 27.7 Å². The Morgan fingerprint density at radius 2 is 2.25 bits per heavy atom. The van der Waals surface area contributed by atoms with Crippen LogP contribution in [0.4, 0.5) is 4.79 Å². The van der Waals surface area contributed by atoms with Crippen LogP contribution in [0.25, 0.3) is 0 Å². The molecule has 1 aromatic rings.